The molecule has 4 bridgehead atoms. The van der Waals surface area contributed by atoms with E-state index in [4.69, 9.17) is 0 Å². The van der Waals surface area contributed by atoms with Gasteiger partial charge in [-0.1, -0.05) is 0 Å². The van der Waals surface area contributed by atoms with Crippen molar-refractivity contribution in [3.8, 4) is 0 Å². The molecular formula is C24H31F2N3O4S. The lowest BCUT2D eigenvalue weighted by Crippen LogP contribution is -2.54. The van der Waals surface area contributed by atoms with Gasteiger partial charge in [0.05, 0.1) is 0 Å². The molecule has 0 radical (unpaired) electrons. The largest absolute Gasteiger partial charge is 0.355 e. The van der Waals surface area contributed by atoms with Gasteiger partial charge in [-0.25, -0.2) is 17.2 Å². The lowest BCUT2D eigenvalue weighted by atomic mass is 9.49. The number of piperazine rings is 1. The maximum Gasteiger partial charge on any atom is 0.246 e. The smallest absolute Gasteiger partial charge is 0.246 e. The molecule has 5 fully saturated rings. The van der Waals surface area contributed by atoms with Gasteiger partial charge >= 0.3 is 0 Å². The second-order valence-electron chi connectivity index (χ2n) is 10.6. The second kappa shape index (κ2) is 8.86. The Balaban J connectivity index is 1.11. The van der Waals surface area contributed by atoms with Crippen molar-refractivity contribution in [1.82, 2.24) is 14.5 Å². The fourth-order valence-electron chi connectivity index (χ4n) is 7.01. The number of carbonyl (C=O) groups is 2. The molecule has 1 aromatic rings. The van der Waals surface area contributed by atoms with Crippen molar-refractivity contribution in [2.75, 3.05) is 32.7 Å². The quantitative estimate of drug-likeness (QED) is 0.657. The molecular weight excluding hydrogens is 464 g/mol. The molecule has 1 saturated heterocycles. The highest BCUT2D eigenvalue weighted by Crippen LogP contribution is 2.60. The monoisotopic (exact) mass is 495 g/mol. The van der Waals surface area contributed by atoms with E-state index in [0.29, 0.717) is 23.8 Å². The number of sulfonamides is 1. The summed E-state index contributed by atoms with van der Waals surface area (Å²) >= 11 is 0. The topological polar surface area (TPSA) is 86.8 Å². The number of benzene rings is 1. The van der Waals surface area contributed by atoms with Crippen molar-refractivity contribution in [2.24, 2.45) is 23.2 Å². The van der Waals surface area contributed by atoms with Crippen molar-refractivity contribution in [3.05, 3.63) is 29.8 Å². The van der Waals surface area contributed by atoms with Gasteiger partial charge in [0.1, 0.15) is 16.5 Å². The van der Waals surface area contributed by atoms with Crippen molar-refractivity contribution < 1.29 is 26.8 Å². The standard InChI is InChI=1S/C24H31F2N3O4S/c25-19-1-2-20(26)21(12-19)34(32,33)29-7-5-28(6-8-29)22(30)3-4-27-23(31)24-13-16-9-17(14-24)11-18(10-16)15-24/h1-2,12,16-18H,3-11,13-15H2,(H,27,31). The average molecular weight is 496 g/mol. The van der Waals surface area contributed by atoms with Gasteiger partial charge in [-0.3, -0.25) is 9.59 Å². The molecule has 1 aromatic carbocycles. The van der Waals surface area contributed by atoms with Crippen LogP contribution in [-0.2, 0) is 19.6 Å². The third-order valence-electron chi connectivity index (χ3n) is 8.25. The van der Waals surface area contributed by atoms with Gasteiger partial charge in [0.15, 0.2) is 0 Å². The number of nitrogens with zero attached hydrogens (tertiary/aromatic N) is 2. The summed E-state index contributed by atoms with van der Waals surface area (Å²) in [6, 6.07) is 2.33. The molecule has 10 heteroatoms. The number of hydrogen-bond acceptors (Lipinski definition) is 4. The molecule has 1 N–H and O–H groups in total. The summed E-state index contributed by atoms with van der Waals surface area (Å²) in [6.45, 7) is 0.607. The summed E-state index contributed by atoms with van der Waals surface area (Å²) in [5.74, 6) is 0.123. The van der Waals surface area contributed by atoms with Gasteiger partial charge in [0.25, 0.3) is 0 Å². The number of carbonyl (C=O) groups excluding carboxylic acids is 2. The summed E-state index contributed by atoms with van der Waals surface area (Å²) < 4.78 is 54.0. The van der Waals surface area contributed by atoms with Gasteiger partial charge < -0.3 is 10.2 Å². The molecule has 7 nitrogen and oxygen atoms in total. The van der Waals surface area contributed by atoms with Crippen LogP contribution < -0.4 is 5.32 Å². The van der Waals surface area contributed by atoms with Crippen LogP contribution in [0.1, 0.15) is 44.9 Å². The molecule has 0 spiro atoms. The zero-order valence-corrected chi connectivity index (χ0v) is 20.0. The van der Waals surface area contributed by atoms with Gasteiger partial charge in [-0.05, 0) is 74.5 Å². The second-order valence-corrected chi connectivity index (χ2v) is 12.5. The van der Waals surface area contributed by atoms with Crippen LogP contribution >= 0.6 is 0 Å². The Morgan fingerprint density at radius 3 is 2.15 bits per heavy atom. The molecule has 34 heavy (non-hydrogen) atoms. The Morgan fingerprint density at radius 2 is 1.56 bits per heavy atom. The van der Waals surface area contributed by atoms with E-state index >= 15 is 0 Å². The highest BCUT2D eigenvalue weighted by molar-refractivity contribution is 7.89. The molecule has 186 valence electrons. The zero-order chi connectivity index (χ0) is 24.1. The third kappa shape index (κ3) is 4.34. The first-order valence-electron chi connectivity index (χ1n) is 12.2. The summed E-state index contributed by atoms with van der Waals surface area (Å²) in [6.07, 6.45) is 6.86. The molecule has 1 aliphatic heterocycles. The summed E-state index contributed by atoms with van der Waals surface area (Å²) in [5, 5.41) is 3.01. The van der Waals surface area contributed by atoms with Crippen LogP contribution in [0.2, 0.25) is 0 Å². The van der Waals surface area contributed by atoms with Crippen LogP contribution in [0.4, 0.5) is 8.78 Å². The van der Waals surface area contributed by atoms with Crippen LogP contribution in [-0.4, -0.2) is 62.2 Å². The first kappa shape index (κ1) is 23.7. The molecule has 5 aliphatic rings. The van der Waals surface area contributed by atoms with E-state index in [2.05, 4.69) is 5.32 Å². The number of hydrogen-bond donors (Lipinski definition) is 1. The molecule has 1 heterocycles. The van der Waals surface area contributed by atoms with E-state index in [1.165, 1.54) is 19.3 Å². The SMILES string of the molecule is O=C(CCNC(=O)C12CC3CC(CC(C3)C1)C2)N1CCN(S(=O)(=O)c2cc(F)ccc2F)CC1. The number of halogens is 2. The Bertz CT molecular complexity index is 1050. The van der Waals surface area contributed by atoms with E-state index < -0.39 is 26.6 Å². The first-order valence-corrected chi connectivity index (χ1v) is 13.6. The average Bonchev–Trinajstić information content (AvgIpc) is 2.79. The fourth-order valence-corrected chi connectivity index (χ4v) is 8.51. The minimum atomic E-state index is -4.19. The van der Waals surface area contributed by atoms with Gasteiger partial charge in [0, 0.05) is 44.6 Å². The molecule has 6 rings (SSSR count). The van der Waals surface area contributed by atoms with Crippen LogP contribution in [0.25, 0.3) is 0 Å². The molecule has 0 aromatic heterocycles. The van der Waals surface area contributed by atoms with E-state index in [-0.39, 0.29) is 56.4 Å². The van der Waals surface area contributed by atoms with Crippen molar-refractivity contribution in [1.29, 1.82) is 0 Å². The Hall–Kier alpha value is -2.07. The molecule has 4 saturated carbocycles. The Morgan fingerprint density at radius 1 is 0.971 bits per heavy atom. The zero-order valence-electron chi connectivity index (χ0n) is 19.1. The number of nitrogens with one attached hydrogen (secondary N) is 1. The fraction of sp³-hybridized carbons (Fsp3) is 0.667. The summed E-state index contributed by atoms with van der Waals surface area (Å²) in [7, 11) is -4.19. The van der Waals surface area contributed by atoms with Gasteiger partial charge in [-0.15, -0.1) is 0 Å². The van der Waals surface area contributed by atoms with Gasteiger partial charge in [-0.2, -0.15) is 4.31 Å². The maximum atomic E-state index is 14.0. The number of amides is 2. The van der Waals surface area contributed by atoms with E-state index in [0.717, 1.165) is 35.7 Å². The first-order chi connectivity index (χ1) is 16.2. The van der Waals surface area contributed by atoms with Crippen molar-refractivity contribution in [2.45, 2.75) is 49.8 Å². The molecule has 2 amide bonds. The predicted molar refractivity (Wildman–Crippen MR) is 120 cm³/mol. The highest BCUT2D eigenvalue weighted by atomic mass is 32.2. The van der Waals surface area contributed by atoms with Gasteiger partial charge in [0.2, 0.25) is 21.8 Å². The van der Waals surface area contributed by atoms with Crippen LogP contribution in [0.3, 0.4) is 0 Å². The maximum absolute atomic E-state index is 14.0. The molecule has 0 unspecified atom stereocenters. The van der Waals surface area contributed by atoms with Crippen molar-refractivity contribution >= 4 is 21.8 Å². The minimum Gasteiger partial charge on any atom is -0.355 e. The van der Waals surface area contributed by atoms with E-state index in [1.54, 1.807) is 4.90 Å². The van der Waals surface area contributed by atoms with Crippen LogP contribution in [0, 0.1) is 34.8 Å². The Kier molecular flexibility index (Phi) is 6.16. The predicted octanol–water partition coefficient (Wildman–Crippen LogP) is 2.52. The minimum absolute atomic E-state index is 0.00363. The lowest BCUT2D eigenvalue weighted by Gasteiger charge is -2.55. The summed E-state index contributed by atoms with van der Waals surface area (Å²) in [4.78, 5) is 26.5. The van der Waals surface area contributed by atoms with Crippen LogP contribution in [0.5, 0.6) is 0 Å². The van der Waals surface area contributed by atoms with E-state index in [9.17, 15) is 26.8 Å². The normalized spacial score (nSPS) is 31.0. The van der Waals surface area contributed by atoms with Crippen LogP contribution in [0.15, 0.2) is 23.1 Å². The molecule has 0 atom stereocenters. The number of rotatable bonds is 6. The van der Waals surface area contributed by atoms with Crippen molar-refractivity contribution in [3.63, 3.8) is 0 Å². The summed E-state index contributed by atoms with van der Waals surface area (Å²) in [5.41, 5.74) is -0.246. The highest BCUT2D eigenvalue weighted by Gasteiger charge is 2.54. The lowest BCUT2D eigenvalue weighted by molar-refractivity contribution is -0.146. The van der Waals surface area contributed by atoms with E-state index in [1.807, 2.05) is 0 Å². The third-order valence-corrected chi connectivity index (χ3v) is 10.2. The Labute approximate surface area is 198 Å². The molecule has 4 aliphatic carbocycles.